The molecular weight excluding hydrogens is 304 g/mol. The summed E-state index contributed by atoms with van der Waals surface area (Å²) in [6, 6.07) is 7.16. The van der Waals surface area contributed by atoms with Gasteiger partial charge in [-0.3, -0.25) is 4.79 Å². The molecule has 1 aliphatic rings. The van der Waals surface area contributed by atoms with Crippen LogP contribution in [0.1, 0.15) is 32.4 Å². The topological polar surface area (TPSA) is 82.2 Å². The summed E-state index contributed by atoms with van der Waals surface area (Å²) in [5.41, 5.74) is 2.36. The largest absolute Gasteiger partial charge is 0.393 e. The summed E-state index contributed by atoms with van der Waals surface area (Å²) in [5.74, 6) is 0.166. The van der Waals surface area contributed by atoms with Gasteiger partial charge in [-0.2, -0.15) is 5.26 Å². The minimum absolute atomic E-state index is 0.102. The Morgan fingerprint density at radius 1 is 1.46 bits per heavy atom. The lowest BCUT2D eigenvalue weighted by Crippen LogP contribution is -2.48. The molecule has 0 spiro atoms. The van der Waals surface area contributed by atoms with Crippen LogP contribution in [-0.4, -0.2) is 33.3 Å². The number of pyridine rings is 2. The fraction of sp³-hybridized carbons (Fsp3) is 0.500. The Hall–Kier alpha value is -2.39. The van der Waals surface area contributed by atoms with Crippen LogP contribution in [0.2, 0.25) is 0 Å². The summed E-state index contributed by atoms with van der Waals surface area (Å²) in [5, 5.41) is 19.4. The van der Waals surface area contributed by atoms with Gasteiger partial charge in [-0.1, -0.05) is 6.92 Å². The quantitative estimate of drug-likeness (QED) is 0.910. The molecule has 3 rings (SSSR count). The van der Waals surface area contributed by atoms with Crippen LogP contribution in [0, 0.1) is 17.2 Å². The van der Waals surface area contributed by atoms with E-state index in [9.17, 15) is 9.90 Å². The molecule has 6 nitrogen and oxygen atoms in total. The second kappa shape index (κ2) is 6.25. The van der Waals surface area contributed by atoms with Gasteiger partial charge in [0.05, 0.1) is 17.3 Å². The number of anilines is 1. The highest BCUT2D eigenvalue weighted by Gasteiger charge is 2.32. The normalized spacial score (nSPS) is 24.1. The highest BCUT2D eigenvalue weighted by atomic mass is 16.3. The first-order valence-electron chi connectivity index (χ1n) is 8.31. The van der Waals surface area contributed by atoms with Crippen molar-refractivity contribution >= 4 is 16.7 Å². The fourth-order valence-electron chi connectivity index (χ4n) is 3.55. The third-order valence-corrected chi connectivity index (χ3v) is 5.11. The minimum Gasteiger partial charge on any atom is -0.393 e. The van der Waals surface area contributed by atoms with E-state index in [4.69, 9.17) is 5.26 Å². The Balaban J connectivity index is 2.20. The summed E-state index contributed by atoms with van der Waals surface area (Å²) in [6.07, 6.45) is 1.22. The molecule has 24 heavy (non-hydrogen) atoms. The first-order valence-corrected chi connectivity index (χ1v) is 8.31. The molecule has 0 aromatic carbocycles. The molecule has 0 amide bonds. The van der Waals surface area contributed by atoms with Gasteiger partial charge in [-0.15, -0.1) is 0 Å². The highest BCUT2D eigenvalue weighted by molar-refractivity contribution is 5.88. The van der Waals surface area contributed by atoms with E-state index < -0.39 is 0 Å². The van der Waals surface area contributed by atoms with E-state index in [1.54, 1.807) is 29.8 Å². The summed E-state index contributed by atoms with van der Waals surface area (Å²) in [7, 11) is 1.71. The number of aromatic nitrogens is 2. The van der Waals surface area contributed by atoms with E-state index >= 15 is 0 Å². The number of hydrogen-bond acceptors (Lipinski definition) is 5. The Morgan fingerprint density at radius 2 is 2.21 bits per heavy atom. The van der Waals surface area contributed by atoms with Gasteiger partial charge in [0.25, 0.3) is 5.56 Å². The van der Waals surface area contributed by atoms with Crippen LogP contribution in [0.4, 0.5) is 5.69 Å². The molecule has 2 aromatic rings. The second-order valence-corrected chi connectivity index (χ2v) is 6.58. The summed E-state index contributed by atoms with van der Waals surface area (Å²) < 4.78 is 1.55. The van der Waals surface area contributed by atoms with Crippen LogP contribution in [0.3, 0.4) is 0 Å². The third kappa shape index (κ3) is 2.65. The van der Waals surface area contributed by atoms with Gasteiger partial charge in [0.2, 0.25) is 0 Å². The zero-order valence-corrected chi connectivity index (χ0v) is 14.2. The van der Waals surface area contributed by atoms with Gasteiger partial charge in [0, 0.05) is 31.6 Å². The molecule has 1 N–H and O–H groups in total. The number of piperidine rings is 1. The van der Waals surface area contributed by atoms with Gasteiger partial charge in [-0.25, -0.2) is 4.98 Å². The van der Waals surface area contributed by atoms with E-state index in [-0.39, 0.29) is 23.6 Å². The first kappa shape index (κ1) is 16.5. The van der Waals surface area contributed by atoms with E-state index in [2.05, 4.69) is 22.9 Å². The molecule has 2 aromatic heterocycles. The van der Waals surface area contributed by atoms with Crippen molar-refractivity contribution in [1.82, 2.24) is 9.55 Å². The van der Waals surface area contributed by atoms with Crippen molar-refractivity contribution in [2.75, 3.05) is 11.4 Å². The van der Waals surface area contributed by atoms with E-state index in [1.165, 1.54) is 0 Å². The lowest BCUT2D eigenvalue weighted by atomic mass is 9.88. The maximum absolute atomic E-state index is 12.4. The van der Waals surface area contributed by atoms with Crippen LogP contribution in [0.15, 0.2) is 23.0 Å². The maximum Gasteiger partial charge on any atom is 0.252 e. The van der Waals surface area contributed by atoms with Gasteiger partial charge in [0.1, 0.15) is 17.3 Å². The van der Waals surface area contributed by atoms with Crippen molar-refractivity contribution in [2.45, 2.75) is 38.8 Å². The lowest BCUT2D eigenvalue weighted by molar-refractivity contribution is 0.0734. The number of hydrogen-bond donors (Lipinski definition) is 1. The van der Waals surface area contributed by atoms with Crippen molar-refractivity contribution in [3.05, 3.63) is 34.2 Å². The molecule has 0 aliphatic carbocycles. The number of aliphatic hydroxyl groups is 1. The number of fused-ring (bicyclic) bond motifs is 1. The number of nitrogens with zero attached hydrogens (tertiary/aromatic N) is 4. The monoisotopic (exact) mass is 326 g/mol. The summed E-state index contributed by atoms with van der Waals surface area (Å²) >= 11 is 0. The zero-order chi connectivity index (χ0) is 17.4. The van der Waals surface area contributed by atoms with Gasteiger partial charge < -0.3 is 14.6 Å². The van der Waals surface area contributed by atoms with Crippen molar-refractivity contribution in [1.29, 1.82) is 5.26 Å². The maximum atomic E-state index is 12.4. The average Bonchev–Trinajstić information content (AvgIpc) is 2.58. The Morgan fingerprint density at radius 3 is 2.88 bits per heavy atom. The van der Waals surface area contributed by atoms with Crippen molar-refractivity contribution < 1.29 is 5.11 Å². The molecule has 1 saturated heterocycles. The van der Waals surface area contributed by atoms with E-state index in [0.29, 0.717) is 29.7 Å². The minimum atomic E-state index is -0.318. The lowest BCUT2D eigenvalue weighted by Gasteiger charge is -2.42. The smallest absolute Gasteiger partial charge is 0.252 e. The standard InChI is InChI=1S/C18H22N4O2/c1-4-12-10-22(11(2)7-16(12)23)15-8-17(24)21(3)14-6-5-13(9-19)20-18(14)15/h5-6,8,11-12,16,23H,4,7,10H2,1-3H3/t11-,12+,16+/m0/s1. The number of rotatable bonds is 2. The van der Waals surface area contributed by atoms with Crippen LogP contribution in [-0.2, 0) is 7.05 Å². The van der Waals surface area contributed by atoms with Crippen LogP contribution in [0.5, 0.6) is 0 Å². The number of aliphatic hydroxyl groups excluding tert-OH is 1. The van der Waals surface area contributed by atoms with Gasteiger partial charge in [0.15, 0.2) is 0 Å². The number of nitriles is 1. The van der Waals surface area contributed by atoms with Gasteiger partial charge in [-0.05, 0) is 31.9 Å². The predicted molar refractivity (Wildman–Crippen MR) is 92.9 cm³/mol. The molecule has 1 aliphatic heterocycles. The number of aryl methyl sites for hydroxylation is 1. The molecular formula is C18H22N4O2. The van der Waals surface area contributed by atoms with Gasteiger partial charge >= 0.3 is 0 Å². The molecule has 126 valence electrons. The van der Waals surface area contributed by atoms with Crippen molar-refractivity contribution in [2.24, 2.45) is 13.0 Å². The third-order valence-electron chi connectivity index (χ3n) is 5.11. The average molecular weight is 326 g/mol. The molecule has 1 fully saturated rings. The first-order chi connectivity index (χ1) is 11.5. The Labute approximate surface area is 141 Å². The molecule has 0 radical (unpaired) electrons. The Kier molecular flexibility index (Phi) is 4.29. The highest BCUT2D eigenvalue weighted by Crippen LogP contribution is 2.32. The Bertz CT molecular complexity index is 868. The van der Waals surface area contributed by atoms with E-state index in [0.717, 1.165) is 12.1 Å². The fourth-order valence-corrected chi connectivity index (χ4v) is 3.55. The summed E-state index contributed by atoms with van der Waals surface area (Å²) in [6.45, 7) is 4.79. The van der Waals surface area contributed by atoms with Crippen molar-refractivity contribution in [3.63, 3.8) is 0 Å². The zero-order valence-electron chi connectivity index (χ0n) is 14.2. The van der Waals surface area contributed by atoms with Crippen molar-refractivity contribution in [3.8, 4) is 6.07 Å². The molecule has 0 unspecified atom stereocenters. The van der Waals surface area contributed by atoms with Crippen LogP contribution >= 0.6 is 0 Å². The van der Waals surface area contributed by atoms with Crippen LogP contribution in [0.25, 0.3) is 11.0 Å². The summed E-state index contributed by atoms with van der Waals surface area (Å²) in [4.78, 5) is 19.0. The van der Waals surface area contributed by atoms with E-state index in [1.807, 2.05) is 6.92 Å². The molecule has 6 heteroatoms. The predicted octanol–water partition coefficient (Wildman–Crippen LogP) is 1.79. The van der Waals surface area contributed by atoms with Crippen LogP contribution < -0.4 is 10.5 Å². The SMILES string of the molecule is CC[C@@H]1CN(c2cc(=O)n(C)c3ccc(C#N)nc23)[C@@H](C)C[C@H]1O. The second-order valence-electron chi connectivity index (χ2n) is 6.58. The molecule has 3 heterocycles. The molecule has 0 saturated carbocycles. The molecule has 3 atom stereocenters. The molecule has 0 bridgehead atoms.